The lowest BCUT2D eigenvalue weighted by Crippen LogP contribution is -2.18. The van der Waals surface area contributed by atoms with Crippen LogP contribution in [0, 0.1) is 0 Å². The highest BCUT2D eigenvalue weighted by atomic mass is 32.1. The van der Waals surface area contributed by atoms with Gasteiger partial charge in [-0.1, -0.05) is 17.3 Å². The van der Waals surface area contributed by atoms with Crippen molar-refractivity contribution in [2.75, 3.05) is 5.32 Å². The van der Waals surface area contributed by atoms with E-state index in [2.05, 4.69) is 15.6 Å². The van der Waals surface area contributed by atoms with Gasteiger partial charge in [-0.25, -0.2) is 9.48 Å². The number of hydrogen-bond donors (Lipinski definition) is 2. The van der Waals surface area contributed by atoms with Crippen LogP contribution in [0.3, 0.4) is 0 Å². The van der Waals surface area contributed by atoms with Crippen LogP contribution >= 0.6 is 12.2 Å². The Balaban J connectivity index is 1.89. The molecule has 0 unspecified atom stereocenters. The zero-order valence-electron chi connectivity index (χ0n) is 12.3. The average molecular weight is 337 g/mol. The number of para-hydroxylation sites is 1. The Morgan fingerprint density at radius 2 is 2.04 bits per heavy atom. The van der Waals surface area contributed by atoms with Crippen molar-refractivity contribution in [2.24, 2.45) is 5.73 Å². The van der Waals surface area contributed by atoms with Gasteiger partial charge in [-0.3, -0.25) is 0 Å². The number of rotatable bonds is 2. The van der Waals surface area contributed by atoms with Crippen molar-refractivity contribution in [1.29, 1.82) is 0 Å². The summed E-state index contributed by atoms with van der Waals surface area (Å²) in [5.41, 5.74) is 7.75. The smallest absolute Gasteiger partial charge is 0.362 e. The molecule has 0 spiro atoms. The Morgan fingerprint density at radius 1 is 1.21 bits per heavy atom. The molecule has 7 nitrogen and oxygen atoms in total. The Labute approximate surface area is 140 Å². The largest absolute Gasteiger partial charge is 0.421 e. The third-order valence-electron chi connectivity index (χ3n) is 3.57. The highest BCUT2D eigenvalue weighted by molar-refractivity contribution is 7.80. The number of hydrogen-bond acceptors (Lipinski definition) is 5. The van der Waals surface area contributed by atoms with Crippen molar-refractivity contribution in [3.63, 3.8) is 0 Å². The molecule has 4 aromatic rings. The van der Waals surface area contributed by atoms with E-state index in [-0.39, 0.29) is 5.11 Å². The Morgan fingerprint density at radius 3 is 2.88 bits per heavy atom. The van der Waals surface area contributed by atoms with Gasteiger partial charge < -0.3 is 15.5 Å². The molecule has 0 aliphatic carbocycles. The zero-order valence-corrected chi connectivity index (χ0v) is 13.1. The number of anilines is 1. The van der Waals surface area contributed by atoms with E-state index in [4.69, 9.17) is 22.4 Å². The fourth-order valence-electron chi connectivity index (χ4n) is 2.51. The number of aromatic nitrogens is 3. The summed E-state index contributed by atoms with van der Waals surface area (Å²) in [6.07, 6.45) is 0. The molecule has 8 heteroatoms. The first-order valence-corrected chi connectivity index (χ1v) is 7.48. The van der Waals surface area contributed by atoms with E-state index in [0.29, 0.717) is 22.5 Å². The molecule has 0 aliphatic rings. The van der Waals surface area contributed by atoms with Gasteiger partial charge in [0.1, 0.15) is 11.1 Å². The van der Waals surface area contributed by atoms with E-state index < -0.39 is 5.63 Å². The summed E-state index contributed by atoms with van der Waals surface area (Å²) in [7, 11) is 0. The number of fused-ring (bicyclic) bond motifs is 2. The van der Waals surface area contributed by atoms with Crippen LogP contribution in [0.5, 0.6) is 0 Å². The SMILES string of the molecule is NC(=S)Nc1ccc2cc(-n3nnc4ccccc43)c(=O)oc2c1. The molecule has 0 amide bonds. The Hall–Kier alpha value is -3.26. The highest BCUT2D eigenvalue weighted by Gasteiger charge is 2.12. The molecule has 4 rings (SSSR count). The van der Waals surface area contributed by atoms with Crippen molar-refractivity contribution in [2.45, 2.75) is 0 Å². The van der Waals surface area contributed by atoms with E-state index in [1.54, 1.807) is 18.2 Å². The summed E-state index contributed by atoms with van der Waals surface area (Å²) < 4.78 is 6.89. The van der Waals surface area contributed by atoms with Gasteiger partial charge in [0.15, 0.2) is 10.8 Å². The lowest BCUT2D eigenvalue weighted by molar-refractivity contribution is 0.552. The summed E-state index contributed by atoms with van der Waals surface area (Å²) in [5.74, 6) is 0. The lowest BCUT2D eigenvalue weighted by Gasteiger charge is -2.06. The summed E-state index contributed by atoms with van der Waals surface area (Å²) in [5, 5.41) is 11.8. The molecule has 0 aliphatic heterocycles. The van der Waals surface area contributed by atoms with Crippen LogP contribution in [0.25, 0.3) is 27.7 Å². The van der Waals surface area contributed by atoms with Gasteiger partial charge in [0.25, 0.3) is 0 Å². The molecule has 0 bridgehead atoms. The molecule has 0 saturated carbocycles. The van der Waals surface area contributed by atoms with Crippen molar-refractivity contribution < 1.29 is 4.42 Å². The molecule has 118 valence electrons. The van der Waals surface area contributed by atoms with Gasteiger partial charge >= 0.3 is 5.63 Å². The summed E-state index contributed by atoms with van der Waals surface area (Å²) in [6, 6.07) is 14.4. The summed E-state index contributed by atoms with van der Waals surface area (Å²) >= 11 is 4.80. The molecule has 2 aromatic carbocycles. The van der Waals surface area contributed by atoms with Gasteiger partial charge in [-0.05, 0) is 42.5 Å². The first-order chi connectivity index (χ1) is 11.6. The fraction of sp³-hybridized carbons (Fsp3) is 0. The van der Waals surface area contributed by atoms with Crippen LogP contribution in [0.4, 0.5) is 5.69 Å². The quantitative estimate of drug-likeness (QED) is 0.427. The van der Waals surface area contributed by atoms with Gasteiger partial charge in [0.05, 0.1) is 5.52 Å². The standard InChI is InChI=1S/C16H11N5O2S/c17-16(24)18-10-6-5-9-7-13(15(22)23-14(9)8-10)21-12-4-2-1-3-11(12)19-20-21/h1-8H,(H3,17,18,24). The van der Waals surface area contributed by atoms with Gasteiger partial charge in [-0.15, -0.1) is 5.10 Å². The third kappa shape index (κ3) is 2.38. The molecule has 24 heavy (non-hydrogen) atoms. The number of benzene rings is 2. The number of nitrogens with zero attached hydrogens (tertiary/aromatic N) is 3. The molecule has 0 saturated heterocycles. The Kier molecular flexibility index (Phi) is 3.24. The van der Waals surface area contributed by atoms with E-state index in [9.17, 15) is 4.79 Å². The minimum absolute atomic E-state index is 0.141. The minimum Gasteiger partial charge on any atom is -0.421 e. The van der Waals surface area contributed by atoms with Gasteiger partial charge in [-0.2, -0.15) is 0 Å². The van der Waals surface area contributed by atoms with Crippen LogP contribution < -0.4 is 16.7 Å². The summed E-state index contributed by atoms with van der Waals surface area (Å²) in [4.78, 5) is 12.4. The van der Waals surface area contributed by atoms with Crippen LogP contribution in [0.2, 0.25) is 0 Å². The predicted molar refractivity (Wildman–Crippen MR) is 95.3 cm³/mol. The van der Waals surface area contributed by atoms with Gasteiger partial charge in [0.2, 0.25) is 0 Å². The van der Waals surface area contributed by atoms with Crippen molar-refractivity contribution >= 4 is 45.0 Å². The molecule has 2 aromatic heterocycles. The van der Waals surface area contributed by atoms with Crippen LogP contribution in [0.15, 0.2) is 57.7 Å². The van der Waals surface area contributed by atoms with E-state index in [1.807, 2.05) is 30.3 Å². The highest BCUT2D eigenvalue weighted by Crippen LogP contribution is 2.21. The molecular formula is C16H11N5O2S. The van der Waals surface area contributed by atoms with Crippen LogP contribution in [-0.2, 0) is 0 Å². The van der Waals surface area contributed by atoms with E-state index >= 15 is 0 Å². The zero-order chi connectivity index (χ0) is 16.7. The van der Waals surface area contributed by atoms with Crippen molar-refractivity contribution in [3.8, 4) is 5.69 Å². The second-order valence-electron chi connectivity index (χ2n) is 5.15. The molecule has 0 fully saturated rings. The van der Waals surface area contributed by atoms with Gasteiger partial charge in [0, 0.05) is 17.1 Å². The predicted octanol–water partition coefficient (Wildman–Crippen LogP) is 2.18. The Bertz CT molecular complexity index is 1150. The maximum atomic E-state index is 12.4. The lowest BCUT2D eigenvalue weighted by atomic mass is 10.2. The average Bonchev–Trinajstić information content (AvgIpc) is 2.97. The maximum Gasteiger partial charge on any atom is 0.362 e. The van der Waals surface area contributed by atoms with E-state index in [0.717, 1.165) is 10.9 Å². The summed E-state index contributed by atoms with van der Waals surface area (Å²) in [6.45, 7) is 0. The second-order valence-corrected chi connectivity index (χ2v) is 5.59. The molecule has 0 atom stereocenters. The fourth-order valence-corrected chi connectivity index (χ4v) is 2.63. The monoisotopic (exact) mass is 337 g/mol. The molecular weight excluding hydrogens is 326 g/mol. The first-order valence-electron chi connectivity index (χ1n) is 7.07. The van der Waals surface area contributed by atoms with E-state index in [1.165, 1.54) is 4.68 Å². The van der Waals surface area contributed by atoms with Crippen LogP contribution in [0.1, 0.15) is 0 Å². The first kappa shape index (κ1) is 14.3. The molecule has 3 N–H and O–H groups in total. The number of thiocarbonyl (C=S) groups is 1. The molecule has 0 radical (unpaired) electrons. The normalized spacial score (nSPS) is 11.0. The topological polar surface area (TPSA) is 99.0 Å². The van der Waals surface area contributed by atoms with Crippen molar-refractivity contribution in [3.05, 3.63) is 59.0 Å². The van der Waals surface area contributed by atoms with Crippen molar-refractivity contribution in [1.82, 2.24) is 15.0 Å². The minimum atomic E-state index is -0.509. The van der Waals surface area contributed by atoms with Crippen LogP contribution in [-0.4, -0.2) is 20.1 Å². The third-order valence-corrected chi connectivity index (χ3v) is 3.67. The second kappa shape index (κ2) is 5.43. The number of nitrogens with two attached hydrogens (primary N) is 1. The molecule has 2 heterocycles. The number of nitrogens with one attached hydrogen (secondary N) is 1. The maximum absolute atomic E-state index is 12.4.